The molecule has 0 radical (unpaired) electrons. The first-order valence-corrected chi connectivity index (χ1v) is 10.6. The lowest BCUT2D eigenvalue weighted by molar-refractivity contribution is 0.102. The van der Waals surface area contributed by atoms with E-state index in [9.17, 15) is 17.6 Å². The van der Waals surface area contributed by atoms with Crippen LogP contribution in [-0.2, 0) is 10.0 Å². The van der Waals surface area contributed by atoms with Gasteiger partial charge in [0, 0.05) is 21.4 Å². The Kier molecular flexibility index (Phi) is 6.19. The number of hydrogen-bond donors (Lipinski definition) is 2. The van der Waals surface area contributed by atoms with Crippen LogP contribution in [0.4, 0.5) is 15.8 Å². The van der Waals surface area contributed by atoms with E-state index in [1.54, 1.807) is 24.3 Å². The number of benzene rings is 3. The van der Waals surface area contributed by atoms with Crippen molar-refractivity contribution in [2.24, 2.45) is 0 Å². The van der Waals surface area contributed by atoms with Crippen LogP contribution in [0.2, 0.25) is 0 Å². The van der Waals surface area contributed by atoms with E-state index in [-0.39, 0.29) is 21.9 Å². The van der Waals surface area contributed by atoms with Crippen LogP contribution in [0.3, 0.4) is 0 Å². The fourth-order valence-corrected chi connectivity index (χ4v) is 4.04. The lowest BCUT2D eigenvalue weighted by atomic mass is 10.2. The molecule has 1 amide bonds. The first kappa shape index (κ1) is 20.8. The number of halogens is 2. The fourth-order valence-electron chi connectivity index (χ4n) is 2.53. The standard InChI is InChI=1S/C20H16BrFN2O4S/c1-28-18-10-5-13(20(25)23-17-4-2-3-15(22)12-17)11-19(18)29(26,27)24-16-8-6-14(21)7-9-16/h2-12,24H,1H3,(H,23,25). The molecule has 0 spiro atoms. The SMILES string of the molecule is COc1ccc(C(=O)Nc2cccc(F)c2)cc1S(=O)(=O)Nc1ccc(Br)cc1. The number of sulfonamides is 1. The van der Waals surface area contributed by atoms with Gasteiger partial charge in [-0.1, -0.05) is 22.0 Å². The zero-order chi connectivity index (χ0) is 21.0. The van der Waals surface area contributed by atoms with Crippen LogP contribution in [0.25, 0.3) is 0 Å². The van der Waals surface area contributed by atoms with E-state index < -0.39 is 21.7 Å². The zero-order valence-electron chi connectivity index (χ0n) is 15.1. The highest BCUT2D eigenvalue weighted by Crippen LogP contribution is 2.28. The van der Waals surface area contributed by atoms with Crippen LogP contribution in [0, 0.1) is 5.82 Å². The summed E-state index contributed by atoms with van der Waals surface area (Å²) in [5.41, 5.74) is 0.680. The van der Waals surface area contributed by atoms with E-state index >= 15 is 0 Å². The van der Waals surface area contributed by atoms with Crippen LogP contribution >= 0.6 is 15.9 Å². The first-order valence-electron chi connectivity index (χ1n) is 8.32. The summed E-state index contributed by atoms with van der Waals surface area (Å²) in [5.74, 6) is -1.00. The third kappa shape index (κ3) is 5.12. The predicted molar refractivity (Wildman–Crippen MR) is 112 cm³/mol. The van der Waals surface area contributed by atoms with Crippen molar-refractivity contribution in [2.45, 2.75) is 4.90 Å². The van der Waals surface area contributed by atoms with Gasteiger partial charge in [0.05, 0.1) is 7.11 Å². The monoisotopic (exact) mass is 478 g/mol. The van der Waals surface area contributed by atoms with Crippen molar-refractivity contribution < 1.29 is 22.3 Å². The predicted octanol–water partition coefficient (Wildman–Crippen LogP) is 4.65. The molecule has 29 heavy (non-hydrogen) atoms. The molecule has 150 valence electrons. The maximum atomic E-state index is 13.3. The minimum Gasteiger partial charge on any atom is -0.495 e. The molecular weight excluding hydrogens is 463 g/mol. The lowest BCUT2D eigenvalue weighted by Crippen LogP contribution is -2.17. The summed E-state index contributed by atoms with van der Waals surface area (Å²) in [6.07, 6.45) is 0. The van der Waals surface area contributed by atoms with E-state index in [1.807, 2.05) is 0 Å². The Balaban J connectivity index is 1.91. The molecule has 0 heterocycles. The Bertz CT molecular complexity index is 1150. The summed E-state index contributed by atoms with van der Waals surface area (Å²) >= 11 is 3.28. The summed E-state index contributed by atoms with van der Waals surface area (Å²) in [6, 6.07) is 16.0. The van der Waals surface area contributed by atoms with Crippen molar-refractivity contribution in [1.82, 2.24) is 0 Å². The number of hydrogen-bond acceptors (Lipinski definition) is 4. The minimum atomic E-state index is -4.03. The molecule has 0 atom stereocenters. The summed E-state index contributed by atoms with van der Waals surface area (Å²) in [7, 11) is -2.70. The van der Waals surface area contributed by atoms with Gasteiger partial charge in [0.15, 0.2) is 0 Å². The number of amides is 1. The summed E-state index contributed by atoms with van der Waals surface area (Å²) in [4.78, 5) is 12.3. The summed E-state index contributed by atoms with van der Waals surface area (Å²) in [5, 5.41) is 2.53. The molecule has 0 unspecified atom stereocenters. The van der Waals surface area contributed by atoms with Gasteiger partial charge < -0.3 is 10.1 Å². The topological polar surface area (TPSA) is 84.5 Å². The summed E-state index contributed by atoms with van der Waals surface area (Å²) < 4.78 is 47.4. The van der Waals surface area contributed by atoms with E-state index in [2.05, 4.69) is 26.0 Å². The van der Waals surface area contributed by atoms with Crippen molar-refractivity contribution >= 4 is 43.2 Å². The summed E-state index contributed by atoms with van der Waals surface area (Å²) in [6.45, 7) is 0. The van der Waals surface area contributed by atoms with E-state index in [0.717, 1.165) is 10.5 Å². The number of ether oxygens (including phenoxy) is 1. The molecule has 0 aliphatic carbocycles. The number of carbonyl (C=O) groups excluding carboxylic acids is 1. The maximum Gasteiger partial charge on any atom is 0.265 e. The van der Waals surface area contributed by atoms with Gasteiger partial charge in [-0.25, -0.2) is 12.8 Å². The Morgan fingerprint density at radius 3 is 2.38 bits per heavy atom. The molecule has 0 aliphatic rings. The Morgan fingerprint density at radius 1 is 1.00 bits per heavy atom. The molecule has 6 nitrogen and oxygen atoms in total. The molecule has 0 saturated heterocycles. The van der Waals surface area contributed by atoms with Gasteiger partial charge >= 0.3 is 0 Å². The highest BCUT2D eigenvalue weighted by Gasteiger charge is 2.22. The average molecular weight is 479 g/mol. The highest BCUT2D eigenvalue weighted by molar-refractivity contribution is 9.10. The van der Waals surface area contributed by atoms with E-state index in [0.29, 0.717) is 5.69 Å². The molecule has 0 saturated carbocycles. The molecule has 0 bridgehead atoms. The largest absolute Gasteiger partial charge is 0.495 e. The molecule has 3 aromatic carbocycles. The van der Waals surface area contributed by atoms with Gasteiger partial charge in [0.25, 0.3) is 15.9 Å². The van der Waals surface area contributed by atoms with Gasteiger partial charge in [0.2, 0.25) is 0 Å². The van der Waals surface area contributed by atoms with E-state index in [1.165, 1.54) is 43.5 Å². The molecule has 3 aromatic rings. The number of methoxy groups -OCH3 is 1. The third-order valence-electron chi connectivity index (χ3n) is 3.89. The third-order valence-corrected chi connectivity index (χ3v) is 5.83. The highest BCUT2D eigenvalue weighted by atomic mass is 79.9. The van der Waals surface area contributed by atoms with Crippen molar-refractivity contribution in [2.75, 3.05) is 17.1 Å². The molecule has 9 heteroatoms. The van der Waals surface area contributed by atoms with Crippen molar-refractivity contribution in [3.63, 3.8) is 0 Å². The Hall–Kier alpha value is -2.91. The van der Waals surface area contributed by atoms with Crippen LogP contribution in [0.5, 0.6) is 5.75 Å². The van der Waals surface area contributed by atoms with Gasteiger partial charge in [-0.05, 0) is 60.7 Å². The van der Waals surface area contributed by atoms with Gasteiger partial charge in [-0.15, -0.1) is 0 Å². The molecule has 0 fully saturated rings. The van der Waals surface area contributed by atoms with Crippen molar-refractivity contribution in [3.8, 4) is 5.75 Å². The van der Waals surface area contributed by atoms with Crippen LogP contribution in [-0.4, -0.2) is 21.4 Å². The number of nitrogens with one attached hydrogen (secondary N) is 2. The van der Waals surface area contributed by atoms with Crippen molar-refractivity contribution in [3.05, 3.63) is 82.6 Å². The maximum absolute atomic E-state index is 13.3. The van der Waals surface area contributed by atoms with Gasteiger partial charge in [-0.2, -0.15) is 0 Å². The fraction of sp³-hybridized carbons (Fsp3) is 0.0500. The molecule has 3 rings (SSSR count). The second-order valence-electron chi connectivity index (χ2n) is 5.94. The van der Waals surface area contributed by atoms with Crippen LogP contribution in [0.15, 0.2) is 76.1 Å². The molecule has 2 N–H and O–H groups in total. The minimum absolute atomic E-state index is 0.0752. The van der Waals surface area contributed by atoms with Crippen molar-refractivity contribution in [1.29, 1.82) is 0 Å². The zero-order valence-corrected chi connectivity index (χ0v) is 17.6. The quantitative estimate of drug-likeness (QED) is 0.539. The molecule has 0 aromatic heterocycles. The number of rotatable bonds is 6. The number of anilines is 2. The second kappa shape index (κ2) is 8.62. The van der Waals surface area contributed by atoms with Crippen LogP contribution < -0.4 is 14.8 Å². The normalized spacial score (nSPS) is 11.0. The smallest absolute Gasteiger partial charge is 0.265 e. The Labute approximate surface area is 175 Å². The average Bonchev–Trinajstić information content (AvgIpc) is 2.69. The number of carbonyl (C=O) groups is 1. The molecule has 0 aliphatic heterocycles. The Morgan fingerprint density at radius 2 is 1.72 bits per heavy atom. The van der Waals surface area contributed by atoms with Crippen LogP contribution in [0.1, 0.15) is 10.4 Å². The lowest BCUT2D eigenvalue weighted by Gasteiger charge is -2.13. The van der Waals surface area contributed by atoms with E-state index in [4.69, 9.17) is 4.74 Å². The molecular formula is C20H16BrFN2O4S. The van der Waals surface area contributed by atoms with Gasteiger partial charge in [-0.3, -0.25) is 9.52 Å². The second-order valence-corrected chi connectivity index (χ2v) is 8.51. The first-order chi connectivity index (χ1) is 13.8. The van der Waals surface area contributed by atoms with Gasteiger partial charge in [0.1, 0.15) is 16.5 Å².